The molecule has 1 aliphatic rings. The molecule has 1 N–H and O–H groups in total. The molecule has 1 aromatic carbocycles. The van der Waals surface area contributed by atoms with Crippen LogP contribution in [0.1, 0.15) is 25.3 Å². The van der Waals surface area contributed by atoms with E-state index >= 15 is 0 Å². The smallest absolute Gasteiger partial charge is 0.150 e. The summed E-state index contributed by atoms with van der Waals surface area (Å²) >= 11 is 0. The van der Waals surface area contributed by atoms with E-state index in [9.17, 15) is 0 Å². The predicted octanol–water partition coefficient (Wildman–Crippen LogP) is 2.34. The summed E-state index contributed by atoms with van der Waals surface area (Å²) in [5, 5.41) is 3.39. The Hall–Kier alpha value is -1.02. The van der Waals surface area contributed by atoms with Gasteiger partial charge in [-0.3, -0.25) is 5.32 Å². The molecule has 0 fully saturated rings. The molecule has 1 atom stereocenters. The fourth-order valence-corrected chi connectivity index (χ4v) is 1.77. The van der Waals surface area contributed by atoms with E-state index in [4.69, 9.17) is 4.74 Å². The molecule has 0 aliphatic carbocycles. The van der Waals surface area contributed by atoms with Gasteiger partial charge in [0.15, 0.2) is 6.23 Å². The van der Waals surface area contributed by atoms with Crippen LogP contribution < -0.4 is 10.1 Å². The average Bonchev–Trinajstić information content (AvgIpc) is 2.26. The first kappa shape index (κ1) is 9.53. The van der Waals surface area contributed by atoms with Crippen LogP contribution in [0.25, 0.3) is 0 Å². The average molecular weight is 191 g/mol. The lowest BCUT2D eigenvalue weighted by Crippen LogP contribution is -2.37. The van der Waals surface area contributed by atoms with Crippen molar-refractivity contribution in [2.24, 2.45) is 0 Å². The molecule has 1 aliphatic heterocycles. The molecule has 0 bridgehead atoms. The van der Waals surface area contributed by atoms with Crippen molar-refractivity contribution in [3.63, 3.8) is 0 Å². The normalized spacial score (nSPS) is 19.9. The lowest BCUT2D eigenvalue weighted by atomic mass is 10.1. The van der Waals surface area contributed by atoms with Crippen LogP contribution in [0, 0.1) is 0 Å². The molecule has 0 amide bonds. The standard InChI is InChI=1S/C12H17NO/c1-2-9-13-12-8-7-10-5-3-4-6-11(10)14-12/h3-6,12-13H,2,7-9H2,1H3. The zero-order valence-corrected chi connectivity index (χ0v) is 8.62. The highest BCUT2D eigenvalue weighted by Gasteiger charge is 2.17. The minimum absolute atomic E-state index is 0.213. The van der Waals surface area contributed by atoms with Crippen molar-refractivity contribution in [2.45, 2.75) is 32.4 Å². The number of para-hydroxylation sites is 1. The summed E-state index contributed by atoms with van der Waals surface area (Å²) in [4.78, 5) is 0. The Balaban J connectivity index is 1.99. The molecule has 0 radical (unpaired) electrons. The zero-order valence-electron chi connectivity index (χ0n) is 8.62. The summed E-state index contributed by atoms with van der Waals surface area (Å²) in [7, 11) is 0. The summed E-state index contributed by atoms with van der Waals surface area (Å²) in [6, 6.07) is 8.30. The van der Waals surface area contributed by atoms with Crippen molar-refractivity contribution >= 4 is 0 Å². The highest BCUT2D eigenvalue weighted by atomic mass is 16.5. The Labute approximate surface area is 85.3 Å². The number of benzene rings is 1. The molecule has 2 nitrogen and oxygen atoms in total. The fraction of sp³-hybridized carbons (Fsp3) is 0.500. The van der Waals surface area contributed by atoms with E-state index in [1.165, 1.54) is 5.56 Å². The van der Waals surface area contributed by atoms with Gasteiger partial charge < -0.3 is 4.74 Å². The van der Waals surface area contributed by atoms with Crippen LogP contribution in [0.15, 0.2) is 24.3 Å². The summed E-state index contributed by atoms with van der Waals surface area (Å²) in [5.74, 6) is 1.05. The zero-order chi connectivity index (χ0) is 9.80. The molecule has 0 saturated heterocycles. The van der Waals surface area contributed by atoms with E-state index in [0.29, 0.717) is 0 Å². The lowest BCUT2D eigenvalue weighted by molar-refractivity contribution is 0.138. The lowest BCUT2D eigenvalue weighted by Gasteiger charge is -2.26. The van der Waals surface area contributed by atoms with Gasteiger partial charge in [-0.25, -0.2) is 0 Å². The molecular weight excluding hydrogens is 174 g/mol. The van der Waals surface area contributed by atoms with Gasteiger partial charge >= 0.3 is 0 Å². The minimum Gasteiger partial charge on any atom is -0.475 e. The monoisotopic (exact) mass is 191 g/mol. The third-order valence-electron chi connectivity index (χ3n) is 2.54. The Morgan fingerprint density at radius 1 is 1.43 bits per heavy atom. The van der Waals surface area contributed by atoms with Gasteiger partial charge in [0.25, 0.3) is 0 Å². The van der Waals surface area contributed by atoms with Gasteiger partial charge in [0.1, 0.15) is 5.75 Å². The SMILES string of the molecule is CCCNC1CCc2ccccc2O1. The molecule has 0 saturated carbocycles. The van der Waals surface area contributed by atoms with E-state index in [2.05, 4.69) is 30.4 Å². The van der Waals surface area contributed by atoms with Crippen LogP contribution in [0.5, 0.6) is 5.75 Å². The first-order valence-corrected chi connectivity index (χ1v) is 5.38. The molecule has 1 heterocycles. The highest BCUT2D eigenvalue weighted by molar-refractivity contribution is 5.34. The first-order chi connectivity index (χ1) is 6.90. The van der Waals surface area contributed by atoms with Crippen molar-refractivity contribution in [1.82, 2.24) is 5.32 Å². The van der Waals surface area contributed by atoms with Crippen molar-refractivity contribution < 1.29 is 4.74 Å². The first-order valence-electron chi connectivity index (χ1n) is 5.38. The van der Waals surface area contributed by atoms with Crippen molar-refractivity contribution in [3.05, 3.63) is 29.8 Å². The molecule has 1 aromatic rings. The summed E-state index contributed by atoms with van der Waals surface area (Å²) < 4.78 is 5.82. The van der Waals surface area contributed by atoms with Crippen molar-refractivity contribution in [2.75, 3.05) is 6.54 Å². The Bertz CT molecular complexity index is 298. The van der Waals surface area contributed by atoms with Gasteiger partial charge in [-0.15, -0.1) is 0 Å². The topological polar surface area (TPSA) is 21.3 Å². The van der Waals surface area contributed by atoms with E-state index in [-0.39, 0.29) is 6.23 Å². The van der Waals surface area contributed by atoms with Crippen LogP contribution in [-0.2, 0) is 6.42 Å². The third-order valence-corrected chi connectivity index (χ3v) is 2.54. The Morgan fingerprint density at radius 3 is 3.14 bits per heavy atom. The molecule has 1 unspecified atom stereocenters. The third kappa shape index (κ3) is 2.07. The molecule has 2 heteroatoms. The number of rotatable bonds is 3. The van der Waals surface area contributed by atoms with Gasteiger partial charge in [0, 0.05) is 6.42 Å². The van der Waals surface area contributed by atoms with Gasteiger partial charge in [-0.05, 0) is 31.0 Å². The summed E-state index contributed by atoms with van der Waals surface area (Å²) in [5.41, 5.74) is 1.34. The van der Waals surface area contributed by atoms with Crippen molar-refractivity contribution in [1.29, 1.82) is 0 Å². The van der Waals surface area contributed by atoms with Gasteiger partial charge in [-0.1, -0.05) is 25.1 Å². The number of ether oxygens (including phenoxy) is 1. The van der Waals surface area contributed by atoms with Crippen LogP contribution >= 0.6 is 0 Å². The highest BCUT2D eigenvalue weighted by Crippen LogP contribution is 2.25. The van der Waals surface area contributed by atoms with Crippen LogP contribution in [0.3, 0.4) is 0 Å². The molecule has 76 valence electrons. The number of fused-ring (bicyclic) bond motifs is 1. The fourth-order valence-electron chi connectivity index (χ4n) is 1.77. The maximum Gasteiger partial charge on any atom is 0.150 e. The number of aryl methyl sites for hydroxylation is 1. The largest absolute Gasteiger partial charge is 0.475 e. The quantitative estimate of drug-likeness (QED) is 0.791. The Morgan fingerprint density at radius 2 is 2.29 bits per heavy atom. The van der Waals surface area contributed by atoms with E-state index in [1.807, 2.05) is 6.07 Å². The molecular formula is C12H17NO. The molecule has 0 spiro atoms. The van der Waals surface area contributed by atoms with Crippen LogP contribution in [0.4, 0.5) is 0 Å². The van der Waals surface area contributed by atoms with Crippen LogP contribution in [-0.4, -0.2) is 12.8 Å². The van der Waals surface area contributed by atoms with Gasteiger partial charge in [0.2, 0.25) is 0 Å². The van der Waals surface area contributed by atoms with E-state index in [1.54, 1.807) is 0 Å². The maximum atomic E-state index is 5.82. The van der Waals surface area contributed by atoms with Crippen molar-refractivity contribution in [3.8, 4) is 5.75 Å². The maximum absolute atomic E-state index is 5.82. The van der Waals surface area contributed by atoms with Crippen LogP contribution in [0.2, 0.25) is 0 Å². The van der Waals surface area contributed by atoms with E-state index in [0.717, 1.165) is 31.6 Å². The van der Waals surface area contributed by atoms with E-state index < -0.39 is 0 Å². The second kappa shape index (κ2) is 4.47. The summed E-state index contributed by atoms with van der Waals surface area (Å²) in [6.07, 6.45) is 3.57. The second-order valence-electron chi connectivity index (χ2n) is 3.71. The number of hydrogen-bond donors (Lipinski definition) is 1. The number of hydrogen-bond acceptors (Lipinski definition) is 2. The summed E-state index contributed by atoms with van der Waals surface area (Å²) in [6.45, 7) is 3.20. The molecule has 2 rings (SSSR count). The molecule has 14 heavy (non-hydrogen) atoms. The minimum atomic E-state index is 0.213. The molecule has 0 aromatic heterocycles. The number of nitrogens with one attached hydrogen (secondary N) is 1. The predicted molar refractivity (Wildman–Crippen MR) is 57.5 cm³/mol. The second-order valence-corrected chi connectivity index (χ2v) is 3.71. The van der Waals surface area contributed by atoms with Gasteiger partial charge in [-0.2, -0.15) is 0 Å². The van der Waals surface area contributed by atoms with Gasteiger partial charge in [0.05, 0.1) is 0 Å². The Kier molecular flexibility index (Phi) is 3.04.